The summed E-state index contributed by atoms with van der Waals surface area (Å²) in [5.41, 5.74) is 7.46. The van der Waals surface area contributed by atoms with Crippen molar-refractivity contribution in [2.24, 2.45) is 0 Å². The largest absolute Gasteiger partial charge is 0.308 e. The summed E-state index contributed by atoms with van der Waals surface area (Å²) < 4.78 is 2.19. The number of imidazole rings is 1. The fourth-order valence-corrected chi connectivity index (χ4v) is 4.17. The van der Waals surface area contributed by atoms with Crippen LogP contribution in [0, 0.1) is 13.8 Å². The highest BCUT2D eigenvalue weighted by molar-refractivity contribution is 6.10. The van der Waals surface area contributed by atoms with Crippen LogP contribution in [0.4, 0.5) is 0 Å². The van der Waals surface area contributed by atoms with E-state index in [-0.39, 0.29) is 11.6 Å². The lowest BCUT2D eigenvalue weighted by Gasteiger charge is -2.11. The normalized spacial score (nSPS) is 11.2. The van der Waals surface area contributed by atoms with Gasteiger partial charge in [0.1, 0.15) is 11.3 Å². The van der Waals surface area contributed by atoms with Gasteiger partial charge in [-0.3, -0.25) is 4.79 Å². The molecule has 5 aromatic rings. The van der Waals surface area contributed by atoms with Crippen LogP contribution in [0.15, 0.2) is 54.6 Å². The lowest BCUT2D eigenvalue weighted by molar-refractivity contribution is 0.103. The number of tetrazole rings is 1. The zero-order valence-corrected chi connectivity index (χ0v) is 18.7. The molecular formula is C25H23N7O. The van der Waals surface area contributed by atoms with Gasteiger partial charge in [-0.15, -0.1) is 10.2 Å². The van der Waals surface area contributed by atoms with E-state index < -0.39 is 0 Å². The van der Waals surface area contributed by atoms with Crippen molar-refractivity contribution < 1.29 is 4.79 Å². The molecule has 0 aliphatic heterocycles. The first-order chi connectivity index (χ1) is 16.0. The first-order valence-corrected chi connectivity index (χ1v) is 10.8. The molecule has 164 valence electrons. The van der Waals surface area contributed by atoms with Crippen LogP contribution in [0.1, 0.15) is 45.8 Å². The molecule has 2 aromatic carbocycles. The van der Waals surface area contributed by atoms with E-state index in [0.717, 1.165) is 51.4 Å². The summed E-state index contributed by atoms with van der Waals surface area (Å²) in [6.07, 6.45) is 0.832. The molecule has 3 aromatic heterocycles. The van der Waals surface area contributed by atoms with Gasteiger partial charge in [0, 0.05) is 17.7 Å². The van der Waals surface area contributed by atoms with Gasteiger partial charge in [0.2, 0.25) is 11.6 Å². The lowest BCUT2D eigenvalue weighted by atomic mass is 9.96. The topological polar surface area (TPSA) is 102 Å². The van der Waals surface area contributed by atoms with Crippen LogP contribution in [0.5, 0.6) is 0 Å². The number of H-pyrrole nitrogens is 1. The molecular weight excluding hydrogens is 414 g/mol. The van der Waals surface area contributed by atoms with Crippen molar-refractivity contribution in [1.29, 1.82) is 0 Å². The molecule has 5 rings (SSSR count). The SMILES string of the molecule is CCc1nc2c(C)cc(C)nc2n1Cc1ccc(-c2ccccc2C(=O)c2nn[nH]n2)cc1. The molecule has 1 N–H and O–H groups in total. The molecule has 8 nitrogen and oxygen atoms in total. The van der Waals surface area contributed by atoms with Gasteiger partial charge in [0.05, 0.1) is 6.54 Å². The van der Waals surface area contributed by atoms with Gasteiger partial charge in [-0.05, 0) is 47.4 Å². The summed E-state index contributed by atoms with van der Waals surface area (Å²) in [6, 6.07) is 17.8. The summed E-state index contributed by atoms with van der Waals surface area (Å²) in [4.78, 5) is 22.4. The number of carbonyl (C=O) groups is 1. The fraction of sp³-hybridized carbons (Fsp3) is 0.200. The first kappa shape index (κ1) is 20.7. The predicted molar refractivity (Wildman–Crippen MR) is 125 cm³/mol. The molecule has 0 bridgehead atoms. The lowest BCUT2D eigenvalue weighted by Crippen LogP contribution is -2.07. The zero-order chi connectivity index (χ0) is 22.9. The Kier molecular flexibility index (Phi) is 5.26. The minimum atomic E-state index is -0.266. The van der Waals surface area contributed by atoms with E-state index in [1.54, 1.807) is 6.07 Å². The number of aromatic nitrogens is 7. The van der Waals surface area contributed by atoms with Gasteiger partial charge in [0.25, 0.3) is 0 Å². The molecule has 0 spiro atoms. The van der Waals surface area contributed by atoms with E-state index >= 15 is 0 Å². The Labute approximate surface area is 190 Å². The Morgan fingerprint density at radius 1 is 1.03 bits per heavy atom. The molecule has 0 unspecified atom stereocenters. The third-order valence-electron chi connectivity index (χ3n) is 5.74. The quantitative estimate of drug-likeness (QED) is 0.402. The molecule has 0 saturated carbocycles. The second kappa shape index (κ2) is 8.38. The number of pyridine rings is 1. The van der Waals surface area contributed by atoms with Crippen molar-refractivity contribution in [3.63, 3.8) is 0 Å². The summed E-state index contributed by atoms with van der Waals surface area (Å²) in [7, 11) is 0. The highest BCUT2D eigenvalue weighted by atomic mass is 16.1. The fourth-order valence-electron chi connectivity index (χ4n) is 4.17. The molecule has 0 radical (unpaired) electrons. The number of aromatic amines is 1. The Hall–Kier alpha value is -4.20. The van der Waals surface area contributed by atoms with Gasteiger partial charge in [0.15, 0.2) is 5.65 Å². The maximum absolute atomic E-state index is 12.8. The van der Waals surface area contributed by atoms with Crippen molar-refractivity contribution in [2.75, 3.05) is 0 Å². The van der Waals surface area contributed by atoms with E-state index in [2.05, 4.69) is 57.2 Å². The highest BCUT2D eigenvalue weighted by Gasteiger charge is 2.18. The average Bonchev–Trinajstić information content (AvgIpc) is 3.48. The molecule has 0 atom stereocenters. The standard InChI is InChI=1S/C25H23N7O/c1-4-21-27-22-15(2)13-16(3)26-25(22)32(21)14-17-9-11-18(12-10-17)19-7-5-6-8-20(19)23(33)24-28-30-31-29-24/h5-13H,4,14H2,1-3H3,(H,28,29,30,31). The van der Waals surface area contributed by atoms with Crippen molar-refractivity contribution in [3.05, 3.63) is 88.6 Å². The number of nitrogens with zero attached hydrogens (tertiary/aromatic N) is 6. The van der Waals surface area contributed by atoms with Gasteiger partial charge >= 0.3 is 0 Å². The number of nitrogens with one attached hydrogen (secondary N) is 1. The van der Waals surface area contributed by atoms with Gasteiger partial charge in [-0.25, -0.2) is 9.97 Å². The maximum atomic E-state index is 12.8. The van der Waals surface area contributed by atoms with Gasteiger partial charge in [-0.2, -0.15) is 5.21 Å². The molecule has 0 amide bonds. The number of aryl methyl sites for hydroxylation is 3. The van der Waals surface area contributed by atoms with Crippen LogP contribution in [0.25, 0.3) is 22.3 Å². The number of hydrogen-bond acceptors (Lipinski definition) is 6. The monoisotopic (exact) mass is 437 g/mol. The van der Waals surface area contributed by atoms with Gasteiger partial charge in [-0.1, -0.05) is 55.5 Å². The van der Waals surface area contributed by atoms with E-state index in [9.17, 15) is 4.79 Å². The van der Waals surface area contributed by atoms with E-state index in [1.165, 1.54) is 0 Å². The van der Waals surface area contributed by atoms with Crippen molar-refractivity contribution in [3.8, 4) is 11.1 Å². The predicted octanol–water partition coefficient (Wildman–Crippen LogP) is 4.07. The third kappa shape index (κ3) is 3.80. The van der Waals surface area contributed by atoms with Crippen LogP contribution in [-0.2, 0) is 13.0 Å². The number of rotatable bonds is 6. The minimum Gasteiger partial charge on any atom is -0.308 e. The zero-order valence-electron chi connectivity index (χ0n) is 18.7. The van der Waals surface area contributed by atoms with Crippen molar-refractivity contribution in [1.82, 2.24) is 35.2 Å². The number of ketones is 1. The summed E-state index contributed by atoms with van der Waals surface area (Å²) >= 11 is 0. The van der Waals surface area contributed by atoms with Crippen LogP contribution in [0.2, 0.25) is 0 Å². The molecule has 3 heterocycles. The minimum absolute atomic E-state index is 0.0521. The first-order valence-electron chi connectivity index (χ1n) is 10.8. The average molecular weight is 438 g/mol. The number of hydrogen-bond donors (Lipinski definition) is 1. The molecule has 0 fully saturated rings. The Balaban J connectivity index is 1.49. The summed E-state index contributed by atoms with van der Waals surface area (Å²) in [5.74, 6) is 0.806. The van der Waals surface area contributed by atoms with E-state index in [0.29, 0.717) is 12.1 Å². The Morgan fingerprint density at radius 3 is 2.55 bits per heavy atom. The second-order valence-corrected chi connectivity index (χ2v) is 8.03. The van der Waals surface area contributed by atoms with Crippen LogP contribution in [0.3, 0.4) is 0 Å². The van der Waals surface area contributed by atoms with Crippen molar-refractivity contribution >= 4 is 16.9 Å². The molecule has 0 aliphatic rings. The van der Waals surface area contributed by atoms with Crippen LogP contribution in [-0.4, -0.2) is 40.9 Å². The van der Waals surface area contributed by atoms with E-state index in [4.69, 9.17) is 9.97 Å². The Bertz CT molecular complexity index is 1450. The number of carbonyl (C=O) groups excluding carboxylic acids is 1. The van der Waals surface area contributed by atoms with Gasteiger partial charge < -0.3 is 4.57 Å². The van der Waals surface area contributed by atoms with E-state index in [1.807, 2.05) is 37.3 Å². The number of fused-ring (bicyclic) bond motifs is 1. The maximum Gasteiger partial charge on any atom is 0.245 e. The molecule has 0 aliphatic carbocycles. The highest BCUT2D eigenvalue weighted by Crippen LogP contribution is 2.26. The second-order valence-electron chi connectivity index (χ2n) is 8.03. The smallest absolute Gasteiger partial charge is 0.245 e. The molecule has 33 heavy (non-hydrogen) atoms. The number of benzene rings is 2. The van der Waals surface area contributed by atoms with Crippen LogP contribution >= 0.6 is 0 Å². The summed E-state index contributed by atoms with van der Waals surface area (Å²) in [6.45, 7) is 6.88. The molecule has 0 saturated heterocycles. The summed E-state index contributed by atoms with van der Waals surface area (Å²) in [5, 5.41) is 13.5. The third-order valence-corrected chi connectivity index (χ3v) is 5.74. The van der Waals surface area contributed by atoms with Crippen LogP contribution < -0.4 is 0 Å². The van der Waals surface area contributed by atoms with Crippen molar-refractivity contribution in [2.45, 2.75) is 33.7 Å². The molecule has 8 heteroatoms. The Morgan fingerprint density at radius 2 is 1.82 bits per heavy atom.